The number of nitrogens with two attached hydrogens (primary N) is 1. The van der Waals surface area contributed by atoms with Gasteiger partial charge in [0.15, 0.2) is 11.0 Å². The van der Waals surface area contributed by atoms with E-state index in [1.54, 1.807) is 6.20 Å². The Morgan fingerprint density at radius 1 is 1.39 bits per heavy atom. The molecule has 0 aromatic carbocycles. The van der Waals surface area contributed by atoms with Crippen LogP contribution in [0.3, 0.4) is 0 Å². The number of halogens is 2. The Morgan fingerprint density at radius 2 is 2.18 bits per heavy atom. The monoisotopic (exact) mass is 424 g/mol. The van der Waals surface area contributed by atoms with Crippen molar-refractivity contribution in [2.75, 3.05) is 23.7 Å². The number of aromatic nitrogens is 3. The topological polar surface area (TPSA) is 101 Å². The quantitative estimate of drug-likeness (QED) is 0.777. The summed E-state index contributed by atoms with van der Waals surface area (Å²) in [7, 11) is 0. The van der Waals surface area contributed by atoms with Crippen molar-refractivity contribution in [2.45, 2.75) is 25.0 Å². The van der Waals surface area contributed by atoms with Crippen LogP contribution in [0.1, 0.15) is 25.1 Å². The Labute approximate surface area is 173 Å². The first kappa shape index (κ1) is 20.8. The van der Waals surface area contributed by atoms with Gasteiger partial charge >= 0.3 is 0 Å². The molecule has 4 rings (SSSR count). The van der Waals surface area contributed by atoms with Crippen LogP contribution < -0.4 is 10.6 Å². The highest BCUT2D eigenvalue weighted by molar-refractivity contribution is 8.13. The van der Waals surface area contributed by atoms with E-state index in [-0.39, 0.29) is 24.0 Å². The van der Waals surface area contributed by atoms with Crippen LogP contribution in [0.4, 0.5) is 10.3 Å². The van der Waals surface area contributed by atoms with Crippen LogP contribution in [0.25, 0.3) is 0 Å². The molecule has 2 aliphatic rings. The average Bonchev–Trinajstić information content (AvgIpc) is 3.02. The molecule has 28 heavy (non-hydrogen) atoms. The van der Waals surface area contributed by atoms with Gasteiger partial charge in [-0.15, -0.1) is 12.4 Å². The highest BCUT2D eigenvalue weighted by Gasteiger charge is 2.51. The van der Waals surface area contributed by atoms with E-state index in [4.69, 9.17) is 10.7 Å². The molecule has 0 spiro atoms. The first-order valence-corrected chi connectivity index (χ1v) is 9.67. The zero-order chi connectivity index (χ0) is 19.2. The summed E-state index contributed by atoms with van der Waals surface area (Å²) >= 11 is 1.53. The van der Waals surface area contributed by atoms with E-state index in [2.05, 4.69) is 15.0 Å². The molecule has 2 aliphatic heterocycles. The standard InChI is InChI=1S/C18H21FN6OS.ClH/c1-17(2,26)14-13(19)7-22-16(23-14)25-8-12-9-27-15(20)24-18(12,10-25)11-4-3-5-21-6-11;/h3-7,12,26H,8-10H2,1-2H3,(H2,20,24);1H/t12-,18+;/m0./s1. The van der Waals surface area contributed by atoms with Crippen molar-refractivity contribution < 1.29 is 9.50 Å². The first-order valence-electron chi connectivity index (χ1n) is 8.68. The lowest BCUT2D eigenvalue weighted by Crippen LogP contribution is -2.40. The maximum atomic E-state index is 14.1. The van der Waals surface area contributed by atoms with Gasteiger partial charge < -0.3 is 15.7 Å². The molecule has 10 heteroatoms. The van der Waals surface area contributed by atoms with Crippen molar-refractivity contribution in [3.63, 3.8) is 0 Å². The summed E-state index contributed by atoms with van der Waals surface area (Å²) in [5, 5.41) is 10.8. The number of hydrogen-bond acceptors (Lipinski definition) is 8. The summed E-state index contributed by atoms with van der Waals surface area (Å²) in [5.74, 6) is 0.770. The zero-order valence-electron chi connectivity index (χ0n) is 15.5. The molecule has 0 amide bonds. The second-order valence-electron chi connectivity index (χ2n) is 7.43. The normalized spacial score (nSPS) is 24.4. The van der Waals surface area contributed by atoms with Crippen LogP contribution in [0, 0.1) is 11.7 Å². The van der Waals surface area contributed by atoms with Gasteiger partial charge in [0.25, 0.3) is 0 Å². The fourth-order valence-corrected chi connectivity index (χ4v) is 4.72. The average molecular weight is 425 g/mol. The van der Waals surface area contributed by atoms with Gasteiger partial charge in [0.05, 0.1) is 12.7 Å². The summed E-state index contributed by atoms with van der Waals surface area (Å²) in [5.41, 5.74) is 5.10. The largest absolute Gasteiger partial charge is 0.384 e. The molecule has 0 unspecified atom stereocenters. The highest BCUT2D eigenvalue weighted by atomic mass is 35.5. The zero-order valence-corrected chi connectivity index (χ0v) is 17.2. The molecule has 2 atom stereocenters. The van der Waals surface area contributed by atoms with Crippen LogP contribution in [-0.4, -0.2) is 44.1 Å². The minimum Gasteiger partial charge on any atom is -0.384 e. The number of aliphatic hydroxyl groups is 1. The molecular weight excluding hydrogens is 403 g/mol. The SMILES string of the molecule is CC(C)(O)c1nc(N2C[C@H]3CSC(N)=N[C@@]3(c3cccnc3)C2)ncc1F.Cl. The second-order valence-corrected chi connectivity index (χ2v) is 8.47. The third-order valence-electron chi connectivity index (χ3n) is 5.05. The van der Waals surface area contributed by atoms with E-state index in [0.29, 0.717) is 24.2 Å². The fraction of sp³-hybridized carbons (Fsp3) is 0.444. The smallest absolute Gasteiger partial charge is 0.225 e. The number of rotatable bonds is 3. The van der Waals surface area contributed by atoms with Crippen molar-refractivity contribution in [3.8, 4) is 0 Å². The molecule has 0 saturated carbocycles. The number of nitrogens with zero attached hydrogens (tertiary/aromatic N) is 5. The lowest BCUT2D eigenvalue weighted by atomic mass is 9.83. The Kier molecular flexibility index (Phi) is 5.53. The first-order chi connectivity index (χ1) is 12.8. The Balaban J connectivity index is 0.00000225. The number of fused-ring (bicyclic) bond motifs is 1. The minimum absolute atomic E-state index is 0. The summed E-state index contributed by atoms with van der Waals surface area (Å²) in [6, 6.07) is 3.89. The van der Waals surface area contributed by atoms with Crippen molar-refractivity contribution >= 4 is 35.3 Å². The number of hydrogen-bond donors (Lipinski definition) is 2. The van der Waals surface area contributed by atoms with E-state index in [1.807, 2.05) is 23.2 Å². The molecule has 4 heterocycles. The lowest BCUT2D eigenvalue weighted by molar-refractivity contribution is 0.0693. The molecule has 150 valence electrons. The van der Waals surface area contributed by atoms with Crippen LogP contribution in [-0.2, 0) is 11.1 Å². The lowest BCUT2D eigenvalue weighted by Gasteiger charge is -2.34. The number of aliphatic imine (C=N–C) groups is 1. The van der Waals surface area contributed by atoms with Crippen LogP contribution in [0.15, 0.2) is 35.7 Å². The summed E-state index contributed by atoms with van der Waals surface area (Å²) in [6.07, 6.45) is 4.66. The third-order valence-corrected chi connectivity index (χ3v) is 6.00. The number of pyridine rings is 1. The summed E-state index contributed by atoms with van der Waals surface area (Å²) in [4.78, 5) is 19.5. The maximum absolute atomic E-state index is 14.1. The molecule has 7 nitrogen and oxygen atoms in total. The van der Waals surface area contributed by atoms with Crippen molar-refractivity contribution in [1.82, 2.24) is 15.0 Å². The third kappa shape index (κ3) is 3.54. The highest BCUT2D eigenvalue weighted by Crippen LogP contribution is 2.45. The van der Waals surface area contributed by atoms with E-state index in [1.165, 1.54) is 25.6 Å². The van der Waals surface area contributed by atoms with Crippen molar-refractivity contribution in [1.29, 1.82) is 0 Å². The molecule has 0 bridgehead atoms. The van der Waals surface area contributed by atoms with Crippen molar-refractivity contribution in [2.24, 2.45) is 16.6 Å². The van der Waals surface area contributed by atoms with Gasteiger partial charge in [0.1, 0.15) is 16.8 Å². The van der Waals surface area contributed by atoms with Crippen molar-refractivity contribution in [3.05, 3.63) is 47.8 Å². The molecular formula is C18H22ClFN6OS. The van der Waals surface area contributed by atoms with E-state index in [0.717, 1.165) is 17.5 Å². The number of thioether (sulfide) groups is 1. The summed E-state index contributed by atoms with van der Waals surface area (Å²) < 4.78 is 14.1. The van der Waals surface area contributed by atoms with Gasteiger partial charge in [0.2, 0.25) is 5.95 Å². The molecule has 1 fully saturated rings. The van der Waals surface area contributed by atoms with Crippen LogP contribution in [0.5, 0.6) is 0 Å². The molecule has 3 N–H and O–H groups in total. The maximum Gasteiger partial charge on any atom is 0.225 e. The fourth-order valence-electron chi connectivity index (χ4n) is 3.74. The van der Waals surface area contributed by atoms with Crippen LogP contribution in [0.2, 0.25) is 0 Å². The van der Waals surface area contributed by atoms with Gasteiger partial charge in [-0.2, -0.15) is 0 Å². The molecule has 0 aliphatic carbocycles. The van der Waals surface area contributed by atoms with E-state index >= 15 is 0 Å². The van der Waals surface area contributed by atoms with Gasteiger partial charge in [-0.05, 0) is 19.9 Å². The molecule has 2 aromatic rings. The van der Waals surface area contributed by atoms with Gasteiger partial charge in [-0.3, -0.25) is 4.98 Å². The second kappa shape index (κ2) is 7.46. The summed E-state index contributed by atoms with van der Waals surface area (Å²) in [6.45, 7) is 4.19. The van der Waals surface area contributed by atoms with Gasteiger partial charge in [-0.25, -0.2) is 19.4 Å². The predicted octanol–water partition coefficient (Wildman–Crippen LogP) is 2.05. The molecule has 0 radical (unpaired) electrons. The number of anilines is 1. The van der Waals surface area contributed by atoms with Gasteiger partial charge in [0, 0.05) is 36.2 Å². The Hall–Kier alpha value is -1.97. The van der Waals surface area contributed by atoms with Gasteiger partial charge in [-0.1, -0.05) is 17.8 Å². The molecule has 2 aromatic heterocycles. The Bertz CT molecular complexity index is 893. The predicted molar refractivity (Wildman–Crippen MR) is 110 cm³/mol. The van der Waals surface area contributed by atoms with E-state index < -0.39 is 17.0 Å². The number of amidine groups is 1. The van der Waals surface area contributed by atoms with E-state index in [9.17, 15) is 9.50 Å². The van der Waals surface area contributed by atoms with Crippen LogP contribution >= 0.6 is 24.2 Å². The molecule has 1 saturated heterocycles. The minimum atomic E-state index is -1.40. The Morgan fingerprint density at radius 3 is 2.86 bits per heavy atom.